The minimum absolute atomic E-state index is 0.326. The average Bonchev–Trinajstić information content (AvgIpc) is 2.62. The van der Waals surface area contributed by atoms with E-state index in [-0.39, 0.29) is 0 Å². The normalized spacial score (nSPS) is 12.0. The lowest BCUT2D eigenvalue weighted by molar-refractivity contribution is 0.287. The lowest BCUT2D eigenvalue weighted by Gasteiger charge is -2.20. The van der Waals surface area contributed by atoms with E-state index in [2.05, 4.69) is 36.5 Å². The van der Waals surface area contributed by atoms with Gasteiger partial charge in [0.05, 0.1) is 18.2 Å². The fraction of sp³-hybridized carbons (Fsp3) is 0.429. The fourth-order valence-corrected chi connectivity index (χ4v) is 3.16. The van der Waals surface area contributed by atoms with Crippen LogP contribution in [0, 0.1) is 0 Å². The number of halogens is 1. The summed E-state index contributed by atoms with van der Waals surface area (Å²) in [6.07, 6.45) is 2.22. The summed E-state index contributed by atoms with van der Waals surface area (Å²) in [4.78, 5) is 0. The third-order valence-corrected chi connectivity index (χ3v) is 4.27. The lowest BCUT2D eigenvalue weighted by Crippen LogP contribution is -2.21. The first-order valence-corrected chi connectivity index (χ1v) is 9.43. The van der Waals surface area contributed by atoms with Crippen molar-refractivity contribution in [3.8, 4) is 11.5 Å². The van der Waals surface area contributed by atoms with E-state index in [0.717, 1.165) is 24.9 Å². The Labute approximate surface area is 156 Å². The molecule has 0 bridgehead atoms. The minimum atomic E-state index is 0.326. The van der Waals surface area contributed by atoms with Gasteiger partial charge in [0.1, 0.15) is 0 Å². The lowest BCUT2D eigenvalue weighted by atomic mass is 10.0. The summed E-state index contributed by atoms with van der Waals surface area (Å²) < 4.78 is 11.3. The van der Waals surface area contributed by atoms with Crippen LogP contribution < -0.4 is 14.8 Å². The summed E-state index contributed by atoms with van der Waals surface area (Å²) in [7, 11) is 0. The van der Waals surface area contributed by atoms with Gasteiger partial charge in [-0.1, -0.05) is 55.3 Å². The highest BCUT2D eigenvalue weighted by molar-refractivity contribution is 6.32. The molecule has 4 heteroatoms. The monoisotopic (exact) mass is 361 g/mol. The molecule has 1 N–H and O–H groups in total. The van der Waals surface area contributed by atoms with Crippen molar-refractivity contribution in [3.05, 3.63) is 58.6 Å². The van der Waals surface area contributed by atoms with Gasteiger partial charge in [-0.3, -0.25) is 0 Å². The zero-order chi connectivity index (χ0) is 18.1. The largest absolute Gasteiger partial charge is 0.490 e. The molecule has 3 nitrogen and oxygen atoms in total. The summed E-state index contributed by atoms with van der Waals surface area (Å²) in [5.74, 6) is 1.34. The molecule has 0 aliphatic rings. The van der Waals surface area contributed by atoms with E-state index < -0.39 is 0 Å². The van der Waals surface area contributed by atoms with Crippen molar-refractivity contribution in [1.82, 2.24) is 5.32 Å². The first kappa shape index (κ1) is 19.6. The van der Waals surface area contributed by atoms with Crippen molar-refractivity contribution in [3.63, 3.8) is 0 Å². The molecule has 0 aliphatic carbocycles. The van der Waals surface area contributed by atoms with E-state index in [1.165, 1.54) is 5.56 Å². The maximum Gasteiger partial charge on any atom is 0.179 e. The number of nitrogens with one attached hydrogen (secondary N) is 1. The molecule has 0 saturated carbocycles. The van der Waals surface area contributed by atoms with Crippen molar-refractivity contribution in [1.29, 1.82) is 0 Å². The number of benzene rings is 2. The number of hydrogen-bond donors (Lipinski definition) is 1. The number of rotatable bonds is 10. The smallest absolute Gasteiger partial charge is 0.179 e. The molecule has 2 rings (SSSR count). The second-order valence-corrected chi connectivity index (χ2v) is 6.31. The molecule has 136 valence electrons. The summed E-state index contributed by atoms with van der Waals surface area (Å²) in [6.45, 7) is 7.97. The summed E-state index contributed by atoms with van der Waals surface area (Å²) in [5, 5.41) is 4.24. The van der Waals surface area contributed by atoms with Crippen LogP contribution in [0.15, 0.2) is 42.5 Å². The Bertz CT molecular complexity index is 646. The van der Waals surface area contributed by atoms with E-state index >= 15 is 0 Å². The highest BCUT2D eigenvalue weighted by atomic mass is 35.5. The summed E-state index contributed by atoms with van der Waals surface area (Å²) in [5.41, 5.74) is 2.40. The van der Waals surface area contributed by atoms with E-state index in [9.17, 15) is 0 Å². The Morgan fingerprint density at radius 1 is 1.00 bits per heavy atom. The van der Waals surface area contributed by atoms with Gasteiger partial charge in [0.15, 0.2) is 11.5 Å². The molecule has 0 radical (unpaired) electrons. The molecule has 0 aromatic heterocycles. The van der Waals surface area contributed by atoms with Gasteiger partial charge >= 0.3 is 0 Å². The third kappa shape index (κ3) is 5.65. The van der Waals surface area contributed by atoms with Crippen LogP contribution in [0.2, 0.25) is 5.02 Å². The zero-order valence-corrected chi connectivity index (χ0v) is 16.1. The van der Waals surface area contributed by atoms with Crippen molar-refractivity contribution in [2.45, 2.75) is 46.2 Å². The Balaban J connectivity index is 2.15. The fourth-order valence-electron chi connectivity index (χ4n) is 2.87. The Morgan fingerprint density at radius 2 is 1.72 bits per heavy atom. The molecule has 2 aromatic carbocycles. The molecule has 2 aromatic rings. The Hall–Kier alpha value is -1.71. The van der Waals surface area contributed by atoms with E-state index in [0.29, 0.717) is 35.8 Å². The van der Waals surface area contributed by atoms with Crippen LogP contribution in [-0.4, -0.2) is 13.2 Å². The second-order valence-electron chi connectivity index (χ2n) is 5.90. The first-order valence-electron chi connectivity index (χ1n) is 9.05. The van der Waals surface area contributed by atoms with E-state index in [1.54, 1.807) is 0 Å². The average molecular weight is 362 g/mol. The van der Waals surface area contributed by atoms with Crippen molar-refractivity contribution in [2.75, 3.05) is 13.2 Å². The van der Waals surface area contributed by atoms with Gasteiger partial charge in [0.25, 0.3) is 0 Å². The van der Waals surface area contributed by atoms with Gasteiger partial charge in [-0.25, -0.2) is 0 Å². The standard InChI is InChI=1S/C21H28ClNO2/c1-4-10-19(17-11-8-7-9-12-17)23-15-16-13-18(22)21(25-6-3)20(14-16)24-5-2/h7-9,11-14,19,23H,4-6,10,15H2,1-3H3. The maximum absolute atomic E-state index is 6.41. The molecule has 1 atom stereocenters. The van der Waals surface area contributed by atoms with Crippen molar-refractivity contribution >= 4 is 11.6 Å². The highest BCUT2D eigenvalue weighted by Crippen LogP contribution is 2.37. The van der Waals surface area contributed by atoms with Gasteiger partial charge in [0, 0.05) is 12.6 Å². The molecule has 1 unspecified atom stereocenters. The van der Waals surface area contributed by atoms with Crippen molar-refractivity contribution in [2.24, 2.45) is 0 Å². The topological polar surface area (TPSA) is 30.5 Å². The Morgan fingerprint density at radius 3 is 2.36 bits per heavy atom. The number of ether oxygens (including phenoxy) is 2. The van der Waals surface area contributed by atoms with Crippen LogP contribution >= 0.6 is 11.6 Å². The molecule has 0 amide bonds. The first-order chi connectivity index (χ1) is 12.2. The van der Waals surface area contributed by atoms with Crippen LogP contribution in [0.5, 0.6) is 11.5 Å². The van der Waals surface area contributed by atoms with Gasteiger partial charge in [0.2, 0.25) is 0 Å². The molecule has 25 heavy (non-hydrogen) atoms. The number of hydrogen-bond acceptors (Lipinski definition) is 3. The molecule has 0 aliphatic heterocycles. The summed E-state index contributed by atoms with van der Waals surface area (Å²) in [6, 6.07) is 14.9. The van der Waals surface area contributed by atoms with Crippen LogP contribution in [-0.2, 0) is 6.54 Å². The predicted molar refractivity (Wildman–Crippen MR) is 105 cm³/mol. The molecule has 0 saturated heterocycles. The van der Waals surface area contributed by atoms with Gasteiger partial charge in [-0.15, -0.1) is 0 Å². The SMILES string of the molecule is CCCC(NCc1cc(Cl)c(OCC)c(OCC)c1)c1ccccc1. The molecular weight excluding hydrogens is 334 g/mol. The third-order valence-electron chi connectivity index (χ3n) is 3.99. The second kappa shape index (κ2) is 10.3. The Kier molecular flexibility index (Phi) is 8.10. The zero-order valence-electron chi connectivity index (χ0n) is 15.3. The van der Waals surface area contributed by atoms with E-state index in [4.69, 9.17) is 21.1 Å². The quantitative estimate of drug-likeness (QED) is 0.582. The van der Waals surface area contributed by atoms with Gasteiger partial charge in [-0.05, 0) is 43.5 Å². The minimum Gasteiger partial charge on any atom is -0.490 e. The van der Waals surface area contributed by atoms with Gasteiger partial charge in [-0.2, -0.15) is 0 Å². The maximum atomic E-state index is 6.41. The van der Waals surface area contributed by atoms with Crippen LogP contribution in [0.1, 0.15) is 50.8 Å². The summed E-state index contributed by atoms with van der Waals surface area (Å²) >= 11 is 6.41. The highest BCUT2D eigenvalue weighted by Gasteiger charge is 2.14. The van der Waals surface area contributed by atoms with E-state index in [1.807, 2.05) is 32.0 Å². The van der Waals surface area contributed by atoms with Crippen LogP contribution in [0.4, 0.5) is 0 Å². The molecule has 0 spiro atoms. The molecule has 0 heterocycles. The molecular formula is C21H28ClNO2. The van der Waals surface area contributed by atoms with Crippen LogP contribution in [0.25, 0.3) is 0 Å². The van der Waals surface area contributed by atoms with Gasteiger partial charge < -0.3 is 14.8 Å². The van der Waals surface area contributed by atoms with Crippen LogP contribution in [0.3, 0.4) is 0 Å². The van der Waals surface area contributed by atoms with Crippen molar-refractivity contribution < 1.29 is 9.47 Å². The molecule has 0 fully saturated rings. The predicted octanol–water partition coefficient (Wildman–Crippen LogP) is 5.77.